The second-order valence-electron chi connectivity index (χ2n) is 3.42. The van der Waals surface area contributed by atoms with Gasteiger partial charge in [-0.3, -0.25) is 10.1 Å². The molecule has 0 aromatic carbocycles. The molecule has 0 spiro atoms. The zero-order valence-electron chi connectivity index (χ0n) is 8.90. The van der Waals surface area contributed by atoms with Crippen molar-refractivity contribution in [2.75, 3.05) is 5.32 Å². The number of nitrogens with one attached hydrogen (secondary N) is 2. The summed E-state index contributed by atoms with van der Waals surface area (Å²) in [6, 6.07) is 2.65. The number of carbonyl (C=O) groups is 1. The summed E-state index contributed by atoms with van der Waals surface area (Å²) >= 11 is 0. The molecule has 0 unspecified atom stereocenters. The number of amides is 1. The lowest BCUT2D eigenvalue weighted by molar-refractivity contribution is -0.140. The van der Waals surface area contributed by atoms with Gasteiger partial charge in [0, 0.05) is 6.20 Å². The van der Waals surface area contributed by atoms with E-state index in [1.54, 1.807) is 0 Å². The van der Waals surface area contributed by atoms with Crippen molar-refractivity contribution in [3.05, 3.63) is 30.4 Å². The summed E-state index contributed by atoms with van der Waals surface area (Å²) < 4.78 is 37.6. The third kappa shape index (κ3) is 2.87. The van der Waals surface area contributed by atoms with Crippen LogP contribution >= 0.6 is 0 Å². The number of hydrogen-bond acceptors (Lipinski definition) is 3. The molecule has 2 heterocycles. The Morgan fingerprint density at radius 1 is 1.50 bits per heavy atom. The molecule has 2 aromatic heterocycles. The fourth-order valence-electron chi connectivity index (χ4n) is 1.39. The molecule has 0 saturated heterocycles. The molecule has 0 radical (unpaired) electrons. The number of halogens is 3. The number of alkyl halides is 3. The van der Waals surface area contributed by atoms with Gasteiger partial charge in [-0.1, -0.05) is 0 Å². The van der Waals surface area contributed by atoms with Crippen molar-refractivity contribution in [1.82, 2.24) is 19.7 Å². The van der Waals surface area contributed by atoms with Crippen molar-refractivity contribution >= 4 is 11.9 Å². The van der Waals surface area contributed by atoms with Crippen LogP contribution in [0.2, 0.25) is 0 Å². The van der Waals surface area contributed by atoms with Gasteiger partial charge in [0.2, 0.25) is 5.95 Å². The zero-order valence-corrected chi connectivity index (χ0v) is 8.90. The Hall–Kier alpha value is -2.32. The Labute approximate surface area is 98.8 Å². The number of nitrogens with zero attached hydrogens (tertiary/aromatic N) is 3. The largest absolute Gasteiger partial charge is 0.406 e. The molecule has 0 saturated carbocycles. The third-order valence-corrected chi connectivity index (χ3v) is 2.06. The van der Waals surface area contributed by atoms with Crippen LogP contribution in [0, 0.1) is 0 Å². The Bertz CT molecular complexity index is 531. The molecule has 0 fully saturated rings. The number of carbonyl (C=O) groups excluding carboxylic acids is 1. The molecular weight excluding hydrogens is 251 g/mol. The van der Waals surface area contributed by atoms with Gasteiger partial charge in [-0.05, 0) is 12.1 Å². The standard InChI is InChI=1S/C9H8F3N5O/c10-9(11,12)4-17-3-1-2-6(17)7(18)15-8-13-5-14-16-8/h1-3,5H,4H2,(H2,13,14,15,16,18). The van der Waals surface area contributed by atoms with Crippen LogP contribution in [0.25, 0.3) is 0 Å². The predicted molar refractivity (Wildman–Crippen MR) is 54.8 cm³/mol. The van der Waals surface area contributed by atoms with Crippen molar-refractivity contribution in [2.24, 2.45) is 0 Å². The molecule has 2 N–H and O–H groups in total. The van der Waals surface area contributed by atoms with E-state index in [0.29, 0.717) is 0 Å². The molecule has 0 aliphatic heterocycles. The topological polar surface area (TPSA) is 75.6 Å². The van der Waals surface area contributed by atoms with Gasteiger partial charge in [0.1, 0.15) is 18.6 Å². The van der Waals surface area contributed by atoms with Crippen molar-refractivity contribution in [1.29, 1.82) is 0 Å². The van der Waals surface area contributed by atoms with Crippen molar-refractivity contribution in [3.63, 3.8) is 0 Å². The van der Waals surface area contributed by atoms with Crippen LogP contribution in [0.1, 0.15) is 10.5 Å². The Balaban J connectivity index is 2.13. The highest BCUT2D eigenvalue weighted by molar-refractivity contribution is 6.02. The van der Waals surface area contributed by atoms with Gasteiger partial charge >= 0.3 is 6.18 Å². The average Bonchev–Trinajstić information content (AvgIpc) is 2.86. The molecule has 18 heavy (non-hydrogen) atoms. The first-order valence-corrected chi connectivity index (χ1v) is 4.84. The lowest BCUT2D eigenvalue weighted by Gasteiger charge is -2.11. The number of aromatic amines is 1. The molecule has 0 aliphatic rings. The number of aromatic nitrogens is 4. The van der Waals surface area contributed by atoms with Crippen LogP contribution in [-0.2, 0) is 6.54 Å². The quantitative estimate of drug-likeness (QED) is 0.875. The van der Waals surface area contributed by atoms with E-state index in [9.17, 15) is 18.0 Å². The van der Waals surface area contributed by atoms with Crippen molar-refractivity contribution in [3.8, 4) is 0 Å². The van der Waals surface area contributed by atoms with Gasteiger partial charge in [-0.15, -0.1) is 0 Å². The summed E-state index contributed by atoms with van der Waals surface area (Å²) in [5.74, 6) is -0.624. The summed E-state index contributed by atoms with van der Waals surface area (Å²) in [5, 5.41) is 8.17. The maximum absolute atomic E-state index is 12.3. The van der Waals surface area contributed by atoms with E-state index in [4.69, 9.17) is 0 Å². The van der Waals surface area contributed by atoms with Crippen molar-refractivity contribution in [2.45, 2.75) is 12.7 Å². The fourth-order valence-corrected chi connectivity index (χ4v) is 1.39. The minimum absolute atomic E-state index is 0.0692. The second kappa shape index (κ2) is 4.51. The van der Waals surface area contributed by atoms with Crippen LogP contribution in [-0.4, -0.2) is 31.8 Å². The monoisotopic (exact) mass is 259 g/mol. The van der Waals surface area contributed by atoms with E-state index in [1.165, 1.54) is 24.7 Å². The maximum Gasteiger partial charge on any atom is 0.406 e. The normalized spacial score (nSPS) is 11.5. The highest BCUT2D eigenvalue weighted by atomic mass is 19.4. The SMILES string of the molecule is O=C(Nc1ncn[nH]1)c1cccn1CC(F)(F)F. The Morgan fingerprint density at radius 2 is 2.28 bits per heavy atom. The first-order valence-electron chi connectivity index (χ1n) is 4.84. The van der Waals surface area contributed by atoms with Crippen LogP contribution in [0.3, 0.4) is 0 Å². The Kier molecular flexibility index (Phi) is 3.04. The van der Waals surface area contributed by atoms with Crippen LogP contribution in [0.5, 0.6) is 0 Å². The van der Waals surface area contributed by atoms with E-state index in [2.05, 4.69) is 20.5 Å². The minimum Gasteiger partial charge on any atom is -0.334 e. The predicted octanol–water partition coefficient (Wildman–Crippen LogP) is 1.42. The van der Waals surface area contributed by atoms with E-state index >= 15 is 0 Å². The molecule has 0 aliphatic carbocycles. The maximum atomic E-state index is 12.3. The second-order valence-corrected chi connectivity index (χ2v) is 3.42. The summed E-state index contributed by atoms with van der Waals surface area (Å²) in [5.41, 5.74) is -0.108. The fraction of sp³-hybridized carbons (Fsp3) is 0.222. The molecule has 0 atom stereocenters. The average molecular weight is 259 g/mol. The van der Waals surface area contributed by atoms with Gasteiger partial charge < -0.3 is 4.57 Å². The molecule has 0 bridgehead atoms. The van der Waals surface area contributed by atoms with E-state index in [1.807, 2.05) is 0 Å². The molecule has 6 nitrogen and oxygen atoms in total. The molecular formula is C9H8F3N5O. The molecule has 2 aromatic rings. The van der Waals surface area contributed by atoms with Gasteiger partial charge in [-0.25, -0.2) is 5.10 Å². The van der Waals surface area contributed by atoms with Crippen molar-refractivity contribution < 1.29 is 18.0 Å². The summed E-state index contributed by atoms with van der Waals surface area (Å²) in [7, 11) is 0. The van der Waals surface area contributed by atoms with Crippen LogP contribution < -0.4 is 5.32 Å². The lowest BCUT2D eigenvalue weighted by Crippen LogP contribution is -2.23. The highest BCUT2D eigenvalue weighted by Crippen LogP contribution is 2.19. The first-order chi connectivity index (χ1) is 8.46. The molecule has 96 valence electrons. The van der Waals surface area contributed by atoms with E-state index in [-0.39, 0.29) is 11.6 Å². The lowest BCUT2D eigenvalue weighted by atomic mass is 10.4. The van der Waals surface area contributed by atoms with E-state index < -0.39 is 18.6 Å². The number of anilines is 1. The minimum atomic E-state index is -4.39. The molecule has 2 rings (SSSR count). The van der Waals surface area contributed by atoms with Crippen LogP contribution in [0.15, 0.2) is 24.7 Å². The number of H-pyrrole nitrogens is 1. The first kappa shape index (κ1) is 12.1. The molecule has 9 heteroatoms. The van der Waals surface area contributed by atoms with Gasteiger partial charge in [0.15, 0.2) is 0 Å². The van der Waals surface area contributed by atoms with Gasteiger partial charge in [-0.2, -0.15) is 23.3 Å². The summed E-state index contributed by atoms with van der Waals surface area (Å²) in [4.78, 5) is 15.3. The van der Waals surface area contributed by atoms with E-state index in [0.717, 1.165) is 4.57 Å². The zero-order chi connectivity index (χ0) is 13.2. The Morgan fingerprint density at radius 3 is 2.89 bits per heavy atom. The smallest absolute Gasteiger partial charge is 0.334 e. The third-order valence-electron chi connectivity index (χ3n) is 2.06. The summed E-state index contributed by atoms with van der Waals surface area (Å²) in [6.07, 6.45) is -2.03. The molecule has 1 amide bonds. The summed E-state index contributed by atoms with van der Waals surface area (Å²) in [6.45, 7) is -1.22. The number of hydrogen-bond donors (Lipinski definition) is 2. The van der Waals surface area contributed by atoms with Crippen LogP contribution in [0.4, 0.5) is 19.1 Å². The van der Waals surface area contributed by atoms with Gasteiger partial charge in [0.05, 0.1) is 0 Å². The van der Waals surface area contributed by atoms with Gasteiger partial charge in [0.25, 0.3) is 5.91 Å². The highest BCUT2D eigenvalue weighted by Gasteiger charge is 2.29. The number of rotatable bonds is 3.